The fourth-order valence-electron chi connectivity index (χ4n) is 5.79. The van der Waals surface area contributed by atoms with Crippen LogP contribution in [0.4, 0.5) is 0 Å². The average molecular weight is 621 g/mol. The summed E-state index contributed by atoms with van der Waals surface area (Å²) < 4.78 is 0. The van der Waals surface area contributed by atoms with Crippen LogP contribution in [-0.4, -0.2) is 45.2 Å². The SMILES string of the molecule is CCCCCC=CCC=CCCCCCCCC(=O)C(O)(C(=O)CCCCCCCCCCCCCCCCC)C(O)CO. The number of rotatable bonds is 34. The summed E-state index contributed by atoms with van der Waals surface area (Å²) in [6.45, 7) is 3.67. The van der Waals surface area contributed by atoms with Crippen molar-refractivity contribution in [3.63, 3.8) is 0 Å². The van der Waals surface area contributed by atoms with Crippen LogP contribution in [0, 0.1) is 0 Å². The lowest BCUT2D eigenvalue weighted by molar-refractivity contribution is -0.166. The minimum Gasteiger partial charge on any atom is -0.394 e. The van der Waals surface area contributed by atoms with E-state index in [1.54, 1.807) is 0 Å². The molecule has 0 saturated heterocycles. The number of aliphatic hydroxyl groups excluding tert-OH is 2. The second kappa shape index (κ2) is 31.7. The second-order valence-electron chi connectivity index (χ2n) is 13.0. The Balaban J connectivity index is 4.00. The van der Waals surface area contributed by atoms with Gasteiger partial charge in [-0.15, -0.1) is 0 Å². The van der Waals surface area contributed by atoms with Crippen LogP contribution in [0.1, 0.15) is 194 Å². The van der Waals surface area contributed by atoms with Gasteiger partial charge in [-0.2, -0.15) is 0 Å². The molecule has 0 aliphatic rings. The van der Waals surface area contributed by atoms with E-state index in [0.29, 0.717) is 12.8 Å². The molecule has 0 aliphatic carbocycles. The highest BCUT2D eigenvalue weighted by Gasteiger charge is 2.48. The number of hydrogen-bond donors (Lipinski definition) is 3. The predicted molar refractivity (Wildman–Crippen MR) is 187 cm³/mol. The van der Waals surface area contributed by atoms with Gasteiger partial charge >= 0.3 is 0 Å². The van der Waals surface area contributed by atoms with Crippen LogP contribution in [0.15, 0.2) is 24.3 Å². The molecule has 5 nitrogen and oxygen atoms in total. The first-order valence-corrected chi connectivity index (χ1v) is 18.8. The highest BCUT2D eigenvalue weighted by atomic mass is 16.4. The lowest BCUT2D eigenvalue weighted by Gasteiger charge is -2.29. The molecule has 0 aliphatic heterocycles. The van der Waals surface area contributed by atoms with Crippen LogP contribution in [0.2, 0.25) is 0 Å². The van der Waals surface area contributed by atoms with Gasteiger partial charge in [-0.25, -0.2) is 0 Å². The molecule has 0 aromatic carbocycles. The van der Waals surface area contributed by atoms with Crippen LogP contribution in [-0.2, 0) is 9.59 Å². The standard InChI is InChI=1S/C39H72O5/c1-3-5-7-9-11-13-15-17-19-21-23-25-27-29-31-33-36(41)39(44,38(43)35-40)37(42)34-32-30-28-26-24-22-20-18-16-14-12-10-8-6-4-2/h11,13,17,19,38,40,43-44H,3-10,12,14-16,18,20-35H2,1-2H3. The van der Waals surface area contributed by atoms with Gasteiger partial charge in [-0.05, 0) is 44.9 Å². The smallest absolute Gasteiger partial charge is 0.209 e. The summed E-state index contributed by atoms with van der Waals surface area (Å²) in [7, 11) is 0. The molecule has 5 heteroatoms. The summed E-state index contributed by atoms with van der Waals surface area (Å²) in [5, 5.41) is 30.6. The molecule has 0 rings (SSSR count). The molecule has 2 unspecified atom stereocenters. The fraction of sp³-hybridized carbons (Fsp3) is 0.846. The number of allylic oxidation sites excluding steroid dienone is 4. The quantitative estimate of drug-likeness (QED) is 0.0378. The van der Waals surface area contributed by atoms with Crippen molar-refractivity contribution in [3.8, 4) is 0 Å². The van der Waals surface area contributed by atoms with Gasteiger partial charge in [-0.1, -0.05) is 160 Å². The van der Waals surface area contributed by atoms with Gasteiger partial charge in [0.25, 0.3) is 0 Å². The van der Waals surface area contributed by atoms with E-state index < -0.39 is 29.9 Å². The molecule has 0 aromatic heterocycles. The molecule has 2 atom stereocenters. The zero-order chi connectivity index (χ0) is 32.6. The Labute approximate surface area is 272 Å². The van der Waals surface area contributed by atoms with Crippen molar-refractivity contribution in [2.75, 3.05) is 6.61 Å². The van der Waals surface area contributed by atoms with Crippen molar-refractivity contribution in [1.29, 1.82) is 0 Å². The number of unbranched alkanes of at least 4 members (excludes halogenated alkanes) is 22. The van der Waals surface area contributed by atoms with Crippen LogP contribution >= 0.6 is 0 Å². The Morgan fingerprint density at radius 2 is 0.841 bits per heavy atom. The third-order valence-electron chi connectivity index (χ3n) is 8.87. The van der Waals surface area contributed by atoms with E-state index in [0.717, 1.165) is 57.8 Å². The molecule has 0 amide bonds. The summed E-state index contributed by atoms with van der Waals surface area (Å²) in [4.78, 5) is 25.7. The molecular formula is C39H72O5. The lowest BCUT2D eigenvalue weighted by atomic mass is 9.82. The normalized spacial score (nSPS) is 14.0. The molecule has 0 aromatic rings. The van der Waals surface area contributed by atoms with Crippen LogP contribution in [0.3, 0.4) is 0 Å². The molecule has 0 spiro atoms. The lowest BCUT2D eigenvalue weighted by Crippen LogP contribution is -2.57. The van der Waals surface area contributed by atoms with Gasteiger partial charge in [0, 0.05) is 12.8 Å². The van der Waals surface area contributed by atoms with E-state index in [-0.39, 0.29) is 12.8 Å². The maximum Gasteiger partial charge on any atom is 0.209 e. The monoisotopic (exact) mass is 621 g/mol. The van der Waals surface area contributed by atoms with Crippen molar-refractivity contribution in [2.45, 2.75) is 205 Å². The molecule has 0 saturated carbocycles. The van der Waals surface area contributed by atoms with Gasteiger partial charge in [0.1, 0.15) is 6.10 Å². The average Bonchev–Trinajstić information content (AvgIpc) is 3.03. The summed E-state index contributed by atoms with van der Waals surface area (Å²) in [6, 6.07) is 0. The molecule has 3 N–H and O–H groups in total. The predicted octanol–water partition coefficient (Wildman–Crippen LogP) is 10.3. The highest BCUT2D eigenvalue weighted by molar-refractivity contribution is 6.10. The van der Waals surface area contributed by atoms with Crippen molar-refractivity contribution >= 4 is 11.6 Å². The second-order valence-corrected chi connectivity index (χ2v) is 13.0. The Morgan fingerprint density at radius 1 is 0.523 bits per heavy atom. The Bertz CT molecular complexity index is 715. The first-order chi connectivity index (χ1) is 21.4. The van der Waals surface area contributed by atoms with Crippen LogP contribution in [0.5, 0.6) is 0 Å². The van der Waals surface area contributed by atoms with E-state index in [2.05, 4.69) is 38.2 Å². The molecule has 0 bridgehead atoms. The maximum atomic E-state index is 12.8. The minimum absolute atomic E-state index is 0.0443. The minimum atomic E-state index is -2.49. The maximum absolute atomic E-state index is 12.8. The number of Topliss-reactive ketones (excluding diaryl/α,β-unsaturated/α-hetero) is 2. The largest absolute Gasteiger partial charge is 0.394 e. The molecular weight excluding hydrogens is 548 g/mol. The molecule has 44 heavy (non-hydrogen) atoms. The third-order valence-corrected chi connectivity index (χ3v) is 8.87. The van der Waals surface area contributed by atoms with Gasteiger partial charge in [0.2, 0.25) is 5.60 Å². The topological polar surface area (TPSA) is 94.8 Å². The Hall–Kier alpha value is -1.30. The van der Waals surface area contributed by atoms with Crippen molar-refractivity contribution < 1.29 is 24.9 Å². The number of hydrogen-bond acceptors (Lipinski definition) is 5. The van der Waals surface area contributed by atoms with Crippen molar-refractivity contribution in [2.24, 2.45) is 0 Å². The first kappa shape index (κ1) is 42.7. The number of carbonyl (C=O) groups excluding carboxylic acids is 2. The van der Waals surface area contributed by atoms with Crippen LogP contribution < -0.4 is 0 Å². The van der Waals surface area contributed by atoms with E-state index in [4.69, 9.17) is 0 Å². The van der Waals surface area contributed by atoms with E-state index in [1.165, 1.54) is 96.3 Å². The van der Waals surface area contributed by atoms with Crippen LogP contribution in [0.25, 0.3) is 0 Å². The van der Waals surface area contributed by atoms with Gasteiger partial charge in [0.05, 0.1) is 6.61 Å². The summed E-state index contributed by atoms with van der Waals surface area (Å²) in [5.41, 5.74) is -2.49. The van der Waals surface area contributed by atoms with Gasteiger partial charge in [-0.3, -0.25) is 9.59 Å². The number of carbonyl (C=O) groups is 2. The van der Waals surface area contributed by atoms with Gasteiger partial charge < -0.3 is 15.3 Å². The fourth-order valence-corrected chi connectivity index (χ4v) is 5.79. The van der Waals surface area contributed by atoms with Crippen molar-refractivity contribution in [1.82, 2.24) is 0 Å². The van der Waals surface area contributed by atoms with E-state index in [1.807, 2.05) is 0 Å². The molecule has 0 radical (unpaired) electrons. The Kier molecular flexibility index (Phi) is 30.7. The number of aliphatic hydroxyl groups is 3. The highest BCUT2D eigenvalue weighted by Crippen LogP contribution is 2.22. The van der Waals surface area contributed by atoms with E-state index >= 15 is 0 Å². The molecule has 258 valence electrons. The summed E-state index contributed by atoms with van der Waals surface area (Å²) in [5.74, 6) is -1.31. The first-order valence-electron chi connectivity index (χ1n) is 18.8. The third kappa shape index (κ3) is 23.1. The zero-order valence-electron chi connectivity index (χ0n) is 29.1. The summed E-state index contributed by atoms with van der Waals surface area (Å²) in [6.07, 6.45) is 37.3. The van der Waals surface area contributed by atoms with Crippen molar-refractivity contribution in [3.05, 3.63) is 24.3 Å². The Morgan fingerprint density at radius 3 is 1.23 bits per heavy atom. The number of ketones is 2. The molecule has 0 fully saturated rings. The summed E-state index contributed by atoms with van der Waals surface area (Å²) >= 11 is 0. The molecule has 0 heterocycles. The zero-order valence-corrected chi connectivity index (χ0v) is 29.1. The van der Waals surface area contributed by atoms with E-state index in [9.17, 15) is 24.9 Å². The van der Waals surface area contributed by atoms with Gasteiger partial charge in [0.15, 0.2) is 11.6 Å².